The van der Waals surface area contributed by atoms with Crippen LogP contribution in [0.2, 0.25) is 0 Å². The van der Waals surface area contributed by atoms with Crippen LogP contribution >= 0.6 is 23.5 Å². The number of rotatable bonds is 17. The van der Waals surface area contributed by atoms with Crippen molar-refractivity contribution in [1.82, 2.24) is 16.0 Å². The first-order chi connectivity index (χ1) is 17.5. The van der Waals surface area contributed by atoms with Crippen molar-refractivity contribution in [3.63, 3.8) is 0 Å². The zero-order chi connectivity index (χ0) is 28.0. The molecule has 12 nitrogen and oxygen atoms in total. The molecule has 1 aromatic carbocycles. The highest BCUT2D eigenvalue weighted by atomic mass is 32.2. The van der Waals surface area contributed by atoms with Gasteiger partial charge in [-0.25, -0.2) is 4.79 Å². The van der Waals surface area contributed by atoms with Gasteiger partial charge in [0.15, 0.2) is 0 Å². The normalized spacial score (nSPS) is 14.0. The number of benzene rings is 1. The van der Waals surface area contributed by atoms with Gasteiger partial charge in [0.2, 0.25) is 17.7 Å². The van der Waals surface area contributed by atoms with E-state index < -0.39 is 60.2 Å². The lowest BCUT2D eigenvalue weighted by Crippen LogP contribution is -2.58. The number of nitrogens with two attached hydrogens (primary N) is 1. The zero-order valence-electron chi connectivity index (χ0n) is 20.6. The van der Waals surface area contributed by atoms with Crippen LogP contribution in [-0.2, 0) is 30.4 Å². The summed E-state index contributed by atoms with van der Waals surface area (Å²) in [6.07, 6.45) is 3.24. The van der Waals surface area contributed by atoms with Crippen LogP contribution < -0.4 is 21.7 Å². The molecule has 14 heteroatoms. The second-order valence-electron chi connectivity index (χ2n) is 8.16. The highest BCUT2D eigenvalue weighted by molar-refractivity contribution is 7.98. The molecule has 0 saturated carbocycles. The summed E-state index contributed by atoms with van der Waals surface area (Å²) in [7, 11) is 0. The maximum atomic E-state index is 13.1. The van der Waals surface area contributed by atoms with Crippen LogP contribution in [0.25, 0.3) is 0 Å². The van der Waals surface area contributed by atoms with E-state index in [0.29, 0.717) is 23.5 Å². The van der Waals surface area contributed by atoms with Crippen molar-refractivity contribution >= 4 is 53.2 Å². The predicted molar refractivity (Wildman–Crippen MR) is 141 cm³/mol. The number of amides is 3. The third-order valence-corrected chi connectivity index (χ3v) is 6.50. The maximum absolute atomic E-state index is 13.1. The molecule has 0 aromatic heterocycles. The van der Waals surface area contributed by atoms with Crippen LogP contribution in [0.5, 0.6) is 5.75 Å². The number of phenols is 1. The van der Waals surface area contributed by atoms with Gasteiger partial charge in [0.25, 0.3) is 0 Å². The minimum Gasteiger partial charge on any atom is -0.508 e. The first kappa shape index (κ1) is 32.1. The van der Waals surface area contributed by atoms with Crippen LogP contribution in [0, 0.1) is 0 Å². The molecule has 0 spiro atoms. The summed E-state index contributed by atoms with van der Waals surface area (Å²) in [5.41, 5.74) is 6.36. The van der Waals surface area contributed by atoms with E-state index in [0.717, 1.165) is 0 Å². The Kier molecular flexibility index (Phi) is 14.5. The highest BCUT2D eigenvalue weighted by Crippen LogP contribution is 2.12. The van der Waals surface area contributed by atoms with Gasteiger partial charge in [-0.05, 0) is 54.6 Å². The second kappa shape index (κ2) is 16.7. The van der Waals surface area contributed by atoms with Crippen LogP contribution in [0.3, 0.4) is 0 Å². The minimum atomic E-state index is -1.52. The fraction of sp³-hybridized carbons (Fsp3) is 0.522. The summed E-state index contributed by atoms with van der Waals surface area (Å²) in [4.78, 5) is 61.5. The molecule has 0 fully saturated rings. The molecular weight excluding hydrogens is 524 g/mol. The van der Waals surface area contributed by atoms with E-state index in [2.05, 4.69) is 16.0 Å². The molecule has 0 bridgehead atoms. The van der Waals surface area contributed by atoms with Crippen LogP contribution in [-0.4, -0.2) is 93.2 Å². The van der Waals surface area contributed by atoms with Gasteiger partial charge < -0.3 is 37.0 Å². The quantitative estimate of drug-likeness (QED) is 0.133. The number of hydrogen-bond acceptors (Lipinski definition) is 9. The minimum absolute atomic E-state index is 0.0150. The van der Waals surface area contributed by atoms with Crippen molar-refractivity contribution in [3.05, 3.63) is 29.8 Å². The lowest BCUT2D eigenvalue weighted by atomic mass is 10.0. The number of aliphatic carboxylic acids is 2. The summed E-state index contributed by atoms with van der Waals surface area (Å²) in [6.45, 7) is 0. The molecule has 3 amide bonds. The summed E-state index contributed by atoms with van der Waals surface area (Å²) in [5.74, 6) is -4.02. The molecule has 37 heavy (non-hydrogen) atoms. The number of nitrogens with one attached hydrogen (secondary N) is 3. The van der Waals surface area contributed by atoms with E-state index in [1.165, 1.54) is 47.8 Å². The monoisotopic (exact) mass is 558 g/mol. The summed E-state index contributed by atoms with van der Waals surface area (Å²) in [6, 6.07) is 0.821. The van der Waals surface area contributed by atoms with Crippen LogP contribution in [0.1, 0.15) is 24.8 Å². The van der Waals surface area contributed by atoms with Crippen molar-refractivity contribution in [2.75, 3.05) is 24.0 Å². The van der Waals surface area contributed by atoms with E-state index in [-0.39, 0.29) is 18.6 Å². The lowest BCUT2D eigenvalue weighted by molar-refractivity contribution is -0.143. The molecule has 0 aliphatic carbocycles. The molecule has 0 aliphatic rings. The standard InChI is InChI=1S/C23H34N4O8S2/c1-36-9-7-15(24)20(31)26-18(12-19(29)30)22(33)27-17(11-13-3-5-14(28)6-4-13)21(32)25-16(23(34)35)8-10-37-2/h3-6,15-18,28H,7-12,24H2,1-2H3,(H,25,32)(H,26,31)(H,27,33)(H,29,30)(H,34,35). The number of phenolic OH excluding ortho intramolecular Hbond substituents is 1. The Labute approximate surface area is 223 Å². The van der Waals surface area contributed by atoms with Gasteiger partial charge in [0, 0.05) is 6.42 Å². The molecule has 1 rings (SSSR count). The van der Waals surface area contributed by atoms with Crippen molar-refractivity contribution < 1.29 is 39.3 Å². The van der Waals surface area contributed by atoms with Gasteiger partial charge in [0.1, 0.15) is 23.9 Å². The third-order valence-electron chi connectivity index (χ3n) is 5.22. The number of carboxylic acid groups (broad SMARTS) is 2. The van der Waals surface area contributed by atoms with Crippen molar-refractivity contribution in [2.45, 2.75) is 49.9 Å². The van der Waals surface area contributed by atoms with E-state index >= 15 is 0 Å². The maximum Gasteiger partial charge on any atom is 0.326 e. The number of thioether (sulfide) groups is 2. The van der Waals surface area contributed by atoms with Gasteiger partial charge in [-0.2, -0.15) is 23.5 Å². The van der Waals surface area contributed by atoms with E-state index in [4.69, 9.17) is 5.73 Å². The smallest absolute Gasteiger partial charge is 0.326 e. The molecule has 8 N–H and O–H groups in total. The van der Waals surface area contributed by atoms with Crippen LogP contribution in [0.4, 0.5) is 0 Å². The van der Waals surface area contributed by atoms with Gasteiger partial charge in [-0.1, -0.05) is 12.1 Å². The summed E-state index contributed by atoms with van der Waals surface area (Å²) < 4.78 is 0. The molecule has 4 atom stereocenters. The lowest BCUT2D eigenvalue weighted by Gasteiger charge is -2.25. The highest BCUT2D eigenvalue weighted by Gasteiger charge is 2.31. The summed E-state index contributed by atoms with van der Waals surface area (Å²) in [5, 5.41) is 35.4. The fourth-order valence-electron chi connectivity index (χ4n) is 3.15. The SMILES string of the molecule is CSCCC(N)C(=O)NC(CC(=O)O)C(=O)NC(Cc1ccc(O)cc1)C(=O)NC(CCSC)C(=O)O. The third kappa shape index (κ3) is 12.2. The molecule has 4 unspecified atom stereocenters. The zero-order valence-corrected chi connectivity index (χ0v) is 22.3. The predicted octanol–water partition coefficient (Wildman–Crippen LogP) is -0.218. The number of carbonyl (C=O) groups excluding carboxylic acids is 3. The number of aromatic hydroxyl groups is 1. The topological polar surface area (TPSA) is 208 Å². The van der Waals surface area contributed by atoms with Gasteiger partial charge in [-0.15, -0.1) is 0 Å². The molecule has 206 valence electrons. The van der Waals surface area contributed by atoms with Crippen molar-refractivity contribution in [3.8, 4) is 5.75 Å². The molecular formula is C23H34N4O8S2. The van der Waals surface area contributed by atoms with E-state index in [1.807, 2.05) is 6.26 Å². The van der Waals surface area contributed by atoms with Gasteiger partial charge in [-0.3, -0.25) is 19.2 Å². The Bertz CT molecular complexity index is 932. The molecule has 0 heterocycles. The molecule has 1 aromatic rings. The number of carboxylic acids is 2. The Morgan fingerprint density at radius 3 is 1.86 bits per heavy atom. The van der Waals surface area contributed by atoms with Crippen molar-refractivity contribution in [2.24, 2.45) is 5.73 Å². The van der Waals surface area contributed by atoms with E-state index in [9.17, 15) is 39.3 Å². The average Bonchev–Trinajstić information content (AvgIpc) is 2.84. The summed E-state index contributed by atoms with van der Waals surface area (Å²) >= 11 is 2.88. The van der Waals surface area contributed by atoms with Crippen LogP contribution in [0.15, 0.2) is 24.3 Å². The van der Waals surface area contributed by atoms with Gasteiger partial charge >= 0.3 is 11.9 Å². The Morgan fingerprint density at radius 2 is 1.32 bits per heavy atom. The number of hydrogen-bond donors (Lipinski definition) is 7. The Balaban J connectivity index is 3.12. The average molecular weight is 559 g/mol. The second-order valence-corrected chi connectivity index (χ2v) is 10.1. The molecule has 0 saturated heterocycles. The van der Waals surface area contributed by atoms with E-state index in [1.54, 1.807) is 6.26 Å². The van der Waals surface area contributed by atoms with Gasteiger partial charge in [0.05, 0.1) is 12.5 Å². The fourth-order valence-corrected chi connectivity index (χ4v) is 4.11. The molecule has 0 radical (unpaired) electrons. The Morgan fingerprint density at radius 1 is 0.811 bits per heavy atom. The first-order valence-corrected chi connectivity index (χ1v) is 14.1. The largest absolute Gasteiger partial charge is 0.508 e. The number of carbonyl (C=O) groups is 5. The molecule has 0 aliphatic heterocycles. The first-order valence-electron chi connectivity index (χ1n) is 11.4. The Hall–Kier alpha value is -2.97. The van der Waals surface area contributed by atoms with Crippen molar-refractivity contribution in [1.29, 1.82) is 0 Å².